The van der Waals surface area contributed by atoms with Gasteiger partial charge < -0.3 is 24.6 Å². The van der Waals surface area contributed by atoms with Crippen molar-refractivity contribution >= 4 is 17.5 Å². The Labute approximate surface area is 156 Å². The Morgan fingerprint density at radius 2 is 2.19 bits per heavy atom. The van der Waals surface area contributed by atoms with Gasteiger partial charge in [-0.1, -0.05) is 16.8 Å². The summed E-state index contributed by atoms with van der Waals surface area (Å²) in [6.45, 7) is 2.62. The van der Waals surface area contributed by atoms with Crippen LogP contribution in [0.1, 0.15) is 12.3 Å². The van der Waals surface area contributed by atoms with Crippen molar-refractivity contribution in [3.05, 3.63) is 23.0 Å². The van der Waals surface area contributed by atoms with Crippen LogP contribution in [0, 0.1) is 5.92 Å². The molecule has 1 amide bonds. The normalized spacial score (nSPS) is 14.0. The molecule has 0 aliphatic carbocycles. The standard InChI is InChI=1S/C17H21ClN4O4/c1-24-13-6-11(5-12(18)16(13)25-2)17-21-15(26-22-17)4-3-14(23)20-9-10-7-19-8-10/h5-6,10,19H,3-4,7-9H2,1-2H3,(H,20,23). The average Bonchev–Trinajstić information content (AvgIpc) is 3.07. The van der Waals surface area contributed by atoms with Crippen LogP contribution < -0.4 is 20.1 Å². The van der Waals surface area contributed by atoms with Gasteiger partial charge in [0, 0.05) is 44.0 Å². The number of amides is 1. The minimum absolute atomic E-state index is 0.0224. The van der Waals surface area contributed by atoms with E-state index in [1.807, 2.05) is 0 Å². The number of nitrogens with zero attached hydrogens (tertiary/aromatic N) is 2. The molecule has 1 aromatic carbocycles. The molecule has 0 unspecified atom stereocenters. The highest BCUT2D eigenvalue weighted by Crippen LogP contribution is 2.38. The second-order valence-corrected chi connectivity index (χ2v) is 6.44. The summed E-state index contributed by atoms with van der Waals surface area (Å²) >= 11 is 6.20. The van der Waals surface area contributed by atoms with Gasteiger partial charge in [0.05, 0.1) is 19.2 Å². The molecule has 2 N–H and O–H groups in total. The summed E-state index contributed by atoms with van der Waals surface area (Å²) in [5.74, 6) is 2.20. The van der Waals surface area contributed by atoms with Gasteiger partial charge in [-0.2, -0.15) is 4.98 Å². The number of carbonyl (C=O) groups is 1. The molecule has 140 valence electrons. The van der Waals surface area contributed by atoms with E-state index in [0.717, 1.165) is 13.1 Å². The van der Waals surface area contributed by atoms with E-state index in [-0.39, 0.29) is 5.91 Å². The van der Waals surface area contributed by atoms with Crippen LogP contribution in [0.15, 0.2) is 16.7 Å². The fraction of sp³-hybridized carbons (Fsp3) is 0.471. The lowest BCUT2D eigenvalue weighted by Gasteiger charge is -2.27. The Bertz CT molecular complexity index is 776. The first-order valence-corrected chi connectivity index (χ1v) is 8.70. The maximum absolute atomic E-state index is 11.9. The molecular weight excluding hydrogens is 360 g/mol. The highest BCUT2D eigenvalue weighted by atomic mass is 35.5. The van der Waals surface area contributed by atoms with Crippen LogP contribution in [-0.4, -0.2) is 49.9 Å². The smallest absolute Gasteiger partial charge is 0.227 e. The SMILES string of the molecule is COc1cc(-c2noc(CCC(=O)NCC3CNC3)n2)cc(Cl)c1OC. The lowest BCUT2D eigenvalue weighted by molar-refractivity contribution is -0.121. The predicted molar refractivity (Wildman–Crippen MR) is 95.5 cm³/mol. The highest BCUT2D eigenvalue weighted by Gasteiger charge is 2.18. The third-order valence-corrected chi connectivity index (χ3v) is 4.46. The van der Waals surface area contributed by atoms with Crippen molar-refractivity contribution in [1.82, 2.24) is 20.8 Å². The van der Waals surface area contributed by atoms with Crippen LogP contribution in [0.2, 0.25) is 5.02 Å². The monoisotopic (exact) mass is 380 g/mol. The van der Waals surface area contributed by atoms with E-state index in [1.54, 1.807) is 12.1 Å². The van der Waals surface area contributed by atoms with Gasteiger partial charge in [0.1, 0.15) is 0 Å². The largest absolute Gasteiger partial charge is 0.493 e. The third-order valence-electron chi connectivity index (χ3n) is 4.18. The summed E-state index contributed by atoms with van der Waals surface area (Å²) in [5.41, 5.74) is 0.643. The molecule has 0 atom stereocenters. The maximum atomic E-state index is 11.9. The fourth-order valence-electron chi connectivity index (χ4n) is 2.58. The van der Waals surface area contributed by atoms with Gasteiger partial charge in [-0.25, -0.2) is 0 Å². The number of ether oxygens (including phenoxy) is 2. The van der Waals surface area contributed by atoms with Crippen LogP contribution in [0.4, 0.5) is 0 Å². The number of methoxy groups -OCH3 is 2. The molecular formula is C17H21ClN4O4. The van der Waals surface area contributed by atoms with Crippen LogP contribution in [0.5, 0.6) is 11.5 Å². The van der Waals surface area contributed by atoms with Gasteiger partial charge in [-0.05, 0) is 12.1 Å². The van der Waals surface area contributed by atoms with Crippen molar-refractivity contribution in [2.75, 3.05) is 33.9 Å². The Morgan fingerprint density at radius 3 is 2.85 bits per heavy atom. The summed E-state index contributed by atoms with van der Waals surface area (Å²) in [6.07, 6.45) is 0.678. The number of hydrogen-bond donors (Lipinski definition) is 2. The highest BCUT2D eigenvalue weighted by molar-refractivity contribution is 6.32. The quantitative estimate of drug-likeness (QED) is 0.718. The summed E-state index contributed by atoms with van der Waals surface area (Å²) in [7, 11) is 3.04. The van der Waals surface area contributed by atoms with Gasteiger partial charge in [0.25, 0.3) is 0 Å². The van der Waals surface area contributed by atoms with Gasteiger partial charge in [-0.3, -0.25) is 4.79 Å². The van der Waals surface area contributed by atoms with Crippen molar-refractivity contribution < 1.29 is 18.8 Å². The van der Waals surface area contributed by atoms with Crippen LogP contribution in [0.3, 0.4) is 0 Å². The summed E-state index contributed by atoms with van der Waals surface area (Å²) in [5, 5.41) is 10.4. The number of rotatable bonds is 8. The van der Waals surface area contributed by atoms with Gasteiger partial charge in [0.2, 0.25) is 17.6 Å². The van der Waals surface area contributed by atoms with E-state index in [0.29, 0.717) is 59.1 Å². The predicted octanol–water partition coefficient (Wildman–Crippen LogP) is 1.68. The zero-order chi connectivity index (χ0) is 18.5. The van der Waals surface area contributed by atoms with Crippen molar-refractivity contribution in [3.8, 4) is 22.9 Å². The Kier molecular flexibility index (Phi) is 5.95. The van der Waals surface area contributed by atoms with Gasteiger partial charge in [0.15, 0.2) is 11.5 Å². The molecule has 8 nitrogen and oxygen atoms in total. The van der Waals surface area contributed by atoms with E-state index < -0.39 is 0 Å². The Hall–Kier alpha value is -2.32. The fourth-order valence-corrected chi connectivity index (χ4v) is 2.87. The average molecular weight is 381 g/mol. The second-order valence-electron chi connectivity index (χ2n) is 6.03. The molecule has 0 spiro atoms. The molecule has 1 saturated heterocycles. The van der Waals surface area contributed by atoms with Crippen molar-refractivity contribution in [2.45, 2.75) is 12.8 Å². The molecule has 3 rings (SSSR count). The molecule has 9 heteroatoms. The third kappa shape index (κ3) is 4.25. The van der Waals surface area contributed by atoms with Crippen LogP contribution in [-0.2, 0) is 11.2 Å². The molecule has 26 heavy (non-hydrogen) atoms. The lowest BCUT2D eigenvalue weighted by Crippen LogP contribution is -2.48. The molecule has 1 aromatic heterocycles. The van der Waals surface area contributed by atoms with E-state index >= 15 is 0 Å². The first-order chi connectivity index (χ1) is 12.6. The second kappa shape index (κ2) is 8.37. The van der Waals surface area contributed by atoms with E-state index in [4.69, 9.17) is 25.6 Å². The van der Waals surface area contributed by atoms with Gasteiger partial charge in [-0.15, -0.1) is 0 Å². The van der Waals surface area contributed by atoms with Crippen molar-refractivity contribution in [1.29, 1.82) is 0 Å². The first kappa shape index (κ1) is 18.5. The zero-order valence-corrected chi connectivity index (χ0v) is 15.4. The van der Waals surface area contributed by atoms with Crippen molar-refractivity contribution in [2.24, 2.45) is 5.92 Å². The molecule has 0 bridgehead atoms. The number of carbonyl (C=O) groups excluding carboxylic acids is 1. The minimum atomic E-state index is -0.0224. The molecule has 2 aromatic rings. The molecule has 1 aliphatic rings. The van der Waals surface area contributed by atoms with E-state index in [2.05, 4.69) is 20.8 Å². The molecule has 1 aliphatic heterocycles. The number of aromatic nitrogens is 2. The maximum Gasteiger partial charge on any atom is 0.227 e. The van der Waals surface area contributed by atoms with Crippen molar-refractivity contribution in [3.63, 3.8) is 0 Å². The Balaban J connectivity index is 1.60. The number of halogens is 1. The summed E-state index contributed by atoms with van der Waals surface area (Å²) in [6, 6.07) is 3.40. The number of nitrogens with one attached hydrogen (secondary N) is 2. The summed E-state index contributed by atoms with van der Waals surface area (Å²) < 4.78 is 15.7. The first-order valence-electron chi connectivity index (χ1n) is 8.32. The summed E-state index contributed by atoms with van der Waals surface area (Å²) in [4.78, 5) is 16.2. The number of benzene rings is 1. The number of hydrogen-bond acceptors (Lipinski definition) is 7. The van der Waals surface area contributed by atoms with Gasteiger partial charge >= 0.3 is 0 Å². The molecule has 1 fully saturated rings. The van der Waals surface area contributed by atoms with Crippen LogP contribution >= 0.6 is 11.6 Å². The Morgan fingerprint density at radius 1 is 1.38 bits per heavy atom. The topological polar surface area (TPSA) is 98.5 Å². The molecule has 2 heterocycles. The molecule has 0 radical (unpaired) electrons. The molecule has 0 saturated carbocycles. The van der Waals surface area contributed by atoms with E-state index in [9.17, 15) is 4.79 Å². The van der Waals surface area contributed by atoms with Crippen LogP contribution in [0.25, 0.3) is 11.4 Å². The zero-order valence-electron chi connectivity index (χ0n) is 14.7. The number of aryl methyl sites for hydroxylation is 1. The minimum Gasteiger partial charge on any atom is -0.493 e. The lowest BCUT2D eigenvalue weighted by atomic mass is 10.0. The van der Waals surface area contributed by atoms with E-state index in [1.165, 1.54) is 14.2 Å².